The van der Waals surface area contributed by atoms with E-state index < -0.39 is 17.5 Å². The highest BCUT2D eigenvalue weighted by molar-refractivity contribution is 9.09. The zero-order valence-corrected chi connectivity index (χ0v) is 32.4. The van der Waals surface area contributed by atoms with E-state index in [0.29, 0.717) is 24.2 Å². The lowest BCUT2D eigenvalue weighted by Crippen LogP contribution is -3.00. The summed E-state index contributed by atoms with van der Waals surface area (Å²) >= 11 is 12.3. The Balaban J connectivity index is -0.000000601. The second-order valence-corrected chi connectivity index (χ2v) is 16.0. The van der Waals surface area contributed by atoms with Crippen molar-refractivity contribution >= 4 is 91.4 Å². The summed E-state index contributed by atoms with van der Waals surface area (Å²) in [6.07, 6.45) is 0. The number of para-hydroxylation sites is 2. The molecule has 17 heteroatoms. The van der Waals surface area contributed by atoms with Crippen molar-refractivity contribution in [1.29, 1.82) is 0 Å². The predicted molar refractivity (Wildman–Crippen MR) is 186 cm³/mol. The fraction of sp³-hybridized carbons (Fsp3) is 0.462. The predicted octanol–water partition coefficient (Wildman–Crippen LogP) is -0.262. The first-order valence-electron chi connectivity index (χ1n) is 12.5. The molecule has 0 fully saturated rings. The second kappa shape index (κ2) is 24.4. The maximum Gasteiger partial charge on any atom is 0.238 e. The van der Waals surface area contributed by atoms with Gasteiger partial charge in [0.2, 0.25) is 11.8 Å². The van der Waals surface area contributed by atoms with Crippen LogP contribution in [0, 0.1) is 27.7 Å². The number of carbonyl (C=O) groups excluding carboxylic acids is 2. The van der Waals surface area contributed by atoms with Crippen molar-refractivity contribution in [3.8, 4) is 0 Å². The minimum atomic E-state index is -2.65. The number of quaternary nitrogens is 1. The molecular formula is C26H43Br2ClN4O6S4. The third-order valence-electron chi connectivity index (χ3n) is 5.33. The van der Waals surface area contributed by atoms with Gasteiger partial charge in [0.25, 0.3) is 0 Å². The molecule has 2 aromatic rings. The third kappa shape index (κ3) is 20.8. The summed E-state index contributed by atoms with van der Waals surface area (Å²) in [4.78, 5) is 22.9. The van der Waals surface area contributed by atoms with Crippen LogP contribution < -0.4 is 38.7 Å². The Kier molecular flexibility index (Phi) is 26.5. The van der Waals surface area contributed by atoms with Crippen molar-refractivity contribution in [3.63, 3.8) is 0 Å². The molecule has 0 aliphatic carbocycles. The number of benzene rings is 2. The largest absolute Gasteiger partial charge is 1.00 e. The van der Waals surface area contributed by atoms with Crippen molar-refractivity contribution < 1.29 is 49.1 Å². The number of alkyl halides is 1. The molecule has 0 saturated carbocycles. The number of nitrogens with one attached hydrogen (secondary N) is 3. The minimum absolute atomic E-state index is 0. The fourth-order valence-corrected chi connectivity index (χ4v) is 4.95. The average Bonchev–Trinajstić information content (AvgIpc) is 2.91. The zero-order chi connectivity index (χ0) is 31.6. The minimum Gasteiger partial charge on any atom is -1.00 e. The van der Waals surface area contributed by atoms with E-state index in [4.69, 9.17) is 11.2 Å². The molecule has 0 heterocycles. The summed E-state index contributed by atoms with van der Waals surface area (Å²) in [7, 11) is -2.37. The molecular weight excluding hydrogens is 788 g/mol. The fourth-order valence-electron chi connectivity index (χ4n) is 3.12. The van der Waals surface area contributed by atoms with Crippen molar-refractivity contribution in [3.05, 3.63) is 58.7 Å². The van der Waals surface area contributed by atoms with Gasteiger partial charge in [0, 0.05) is 40.3 Å². The Labute approximate surface area is 291 Å². The van der Waals surface area contributed by atoms with Gasteiger partial charge in [-0.15, -0.1) is 12.4 Å². The first-order chi connectivity index (χ1) is 19.1. The normalized spacial score (nSPS) is 12.7. The molecule has 0 saturated heterocycles. The Morgan fingerprint density at radius 1 is 0.814 bits per heavy atom. The van der Waals surface area contributed by atoms with E-state index >= 15 is 0 Å². The Hall–Kier alpha value is -0.790. The van der Waals surface area contributed by atoms with Gasteiger partial charge >= 0.3 is 0 Å². The molecule has 6 N–H and O–H groups in total. The van der Waals surface area contributed by atoms with E-state index in [1.807, 2.05) is 64.1 Å². The van der Waals surface area contributed by atoms with Gasteiger partial charge in [-0.25, -0.2) is 8.42 Å². The number of amides is 2. The van der Waals surface area contributed by atoms with Crippen LogP contribution in [-0.2, 0) is 57.9 Å². The van der Waals surface area contributed by atoms with Crippen molar-refractivity contribution in [2.75, 3.05) is 61.3 Å². The molecule has 0 bridgehead atoms. The maximum absolute atomic E-state index is 11.8. The summed E-state index contributed by atoms with van der Waals surface area (Å²) in [5.74, 6) is 0.419. The molecule has 0 radical (unpaired) electrons. The number of halogens is 3. The van der Waals surface area contributed by atoms with Crippen LogP contribution in [0.4, 0.5) is 11.4 Å². The standard InChI is InChI=1S/C13H20N2O3S2.C10H12BrNO.C3H9NO2S2.BrH.ClH/c1-10-5-4-6-11(2)13(10)15-12(16)9-14-7-8-20(17,19)18-3;1-7-4-3-5-8(2)10(7)12-9(13)6-11;1-6-8(5,7)3-2-4;;/h4-6,14H,7-9H2,1-3H3,(H,15,16);3-5H,6H2,1-2H3,(H,12,13);2-4H2,1H3;2*1H. The van der Waals surface area contributed by atoms with Crippen LogP contribution in [0.3, 0.4) is 0 Å². The average molecular weight is 831 g/mol. The molecule has 248 valence electrons. The van der Waals surface area contributed by atoms with E-state index in [1.165, 1.54) is 14.2 Å². The summed E-state index contributed by atoms with van der Waals surface area (Å²) in [5, 5.41) is 8.93. The molecule has 2 amide bonds. The van der Waals surface area contributed by atoms with Gasteiger partial charge < -0.3 is 38.7 Å². The van der Waals surface area contributed by atoms with E-state index in [-0.39, 0.29) is 53.5 Å². The SMILES string of the molecule is COS(=O)(=S)CCNCC(=O)Nc1c(C)cccc1C.COS(=O)(=S)CC[NH3+].Cc1cccc(C)c1NC(=O)CBr.Cl.[Br-]. The van der Waals surface area contributed by atoms with Crippen molar-refractivity contribution in [2.24, 2.45) is 0 Å². The van der Waals surface area contributed by atoms with Crippen LogP contribution >= 0.6 is 28.3 Å². The maximum atomic E-state index is 11.8. The molecule has 0 spiro atoms. The third-order valence-corrected chi connectivity index (χ3v) is 10.2. The van der Waals surface area contributed by atoms with Crippen molar-refractivity contribution in [2.45, 2.75) is 27.7 Å². The van der Waals surface area contributed by atoms with Gasteiger partial charge in [-0.1, -0.05) is 52.3 Å². The highest BCUT2D eigenvalue weighted by Crippen LogP contribution is 2.20. The molecule has 2 unspecified atom stereocenters. The van der Waals surface area contributed by atoms with Gasteiger partial charge in [0.05, 0.1) is 44.1 Å². The first kappa shape index (κ1) is 46.6. The van der Waals surface area contributed by atoms with E-state index in [2.05, 4.69) is 57.2 Å². The molecule has 2 rings (SSSR count). The molecule has 0 aliphatic heterocycles. The van der Waals surface area contributed by atoms with Crippen LogP contribution in [0.5, 0.6) is 0 Å². The Morgan fingerprint density at radius 2 is 1.19 bits per heavy atom. The lowest BCUT2D eigenvalue weighted by atomic mass is 10.1. The van der Waals surface area contributed by atoms with E-state index in [1.54, 1.807) is 0 Å². The lowest BCUT2D eigenvalue weighted by molar-refractivity contribution is -0.360. The molecule has 2 aromatic carbocycles. The monoisotopic (exact) mass is 828 g/mol. The topological polar surface area (TPSA) is 150 Å². The van der Waals surface area contributed by atoms with Gasteiger partial charge in [-0.05, 0) is 49.9 Å². The molecule has 0 aliphatic rings. The van der Waals surface area contributed by atoms with Gasteiger partial charge in [0.15, 0.2) is 0 Å². The Bertz CT molecular complexity index is 1310. The van der Waals surface area contributed by atoms with Gasteiger partial charge in [-0.3, -0.25) is 18.0 Å². The molecule has 10 nitrogen and oxygen atoms in total. The van der Waals surface area contributed by atoms with Crippen LogP contribution in [0.2, 0.25) is 0 Å². The number of hydrogen-bond donors (Lipinski definition) is 4. The smallest absolute Gasteiger partial charge is 0.238 e. The first-order valence-corrected chi connectivity index (χ1v) is 18.7. The lowest BCUT2D eigenvalue weighted by Gasteiger charge is -2.12. The van der Waals surface area contributed by atoms with Crippen molar-refractivity contribution in [1.82, 2.24) is 5.32 Å². The van der Waals surface area contributed by atoms with Crippen LogP contribution in [0.15, 0.2) is 36.4 Å². The number of rotatable bonds is 12. The van der Waals surface area contributed by atoms with Crippen LogP contribution in [0.25, 0.3) is 0 Å². The molecule has 2 atom stereocenters. The zero-order valence-electron chi connectivity index (χ0n) is 25.2. The highest BCUT2D eigenvalue weighted by atomic mass is 79.9. The summed E-state index contributed by atoms with van der Waals surface area (Å²) in [6, 6.07) is 11.8. The Morgan fingerprint density at radius 3 is 1.51 bits per heavy atom. The van der Waals surface area contributed by atoms with Crippen LogP contribution in [0.1, 0.15) is 22.3 Å². The summed E-state index contributed by atoms with van der Waals surface area (Å²) < 4.78 is 31.3. The summed E-state index contributed by atoms with van der Waals surface area (Å²) in [6.45, 7) is 8.94. The quantitative estimate of drug-likeness (QED) is 0.168. The van der Waals surface area contributed by atoms with Gasteiger partial charge in [0.1, 0.15) is 17.5 Å². The summed E-state index contributed by atoms with van der Waals surface area (Å²) in [5.41, 5.74) is 9.48. The van der Waals surface area contributed by atoms with Gasteiger partial charge in [-0.2, -0.15) is 0 Å². The second-order valence-electron chi connectivity index (χ2n) is 8.65. The van der Waals surface area contributed by atoms with E-state index in [9.17, 15) is 18.0 Å². The number of hydrogen-bond acceptors (Lipinski definition) is 9. The number of aryl methyl sites for hydroxylation is 4. The van der Waals surface area contributed by atoms with Crippen LogP contribution in [-0.4, -0.2) is 70.9 Å². The number of carbonyl (C=O) groups is 2. The molecule has 43 heavy (non-hydrogen) atoms. The number of anilines is 2. The highest BCUT2D eigenvalue weighted by Gasteiger charge is 2.08. The van der Waals surface area contributed by atoms with E-state index in [0.717, 1.165) is 33.6 Å². The molecule has 0 aromatic heterocycles.